The number of rotatable bonds is 33. The molecule has 0 aliphatic carbocycles. The number of phosphoric acid groups is 3. The number of ether oxygens (including phenoxy) is 1. The molecule has 1 aliphatic rings. The molecule has 1 aliphatic heterocycles. The molecule has 27 nitrogen and oxygen atoms in total. The van der Waals surface area contributed by atoms with Crippen LogP contribution in [0, 0.1) is 5.41 Å². The highest BCUT2D eigenvalue weighted by Crippen LogP contribution is 2.61. The molecule has 3 rings (SSSR count). The summed E-state index contributed by atoms with van der Waals surface area (Å²) in [5.74, 6) is -1.11. The summed E-state index contributed by atoms with van der Waals surface area (Å²) in [5, 5.41) is 26.6. The van der Waals surface area contributed by atoms with E-state index in [2.05, 4.69) is 102 Å². The predicted octanol–water partition coefficient (Wildman–Crippen LogP) is 5.63. The Morgan fingerprint density at radius 2 is 1.38 bits per heavy atom. The van der Waals surface area contributed by atoms with Crippen molar-refractivity contribution < 1.29 is 80.5 Å². The summed E-state index contributed by atoms with van der Waals surface area (Å²) >= 11 is 1.09. The summed E-state index contributed by atoms with van der Waals surface area (Å²) in [7, 11) is -16.4. The van der Waals surface area contributed by atoms with Gasteiger partial charge in [0.2, 0.25) is 11.8 Å². The molecule has 19 N–H and O–H groups in total. The number of aliphatic hydroxyl groups is 2. The first kappa shape index (κ1) is 69.9. The number of carbonyl (C=O) groups is 3. The van der Waals surface area contributed by atoms with E-state index in [9.17, 15) is 57.9 Å². The van der Waals surface area contributed by atoms with E-state index in [1.54, 1.807) is 0 Å². The molecule has 2 amide bonds. The van der Waals surface area contributed by atoms with Crippen LogP contribution < -0.4 is 34.8 Å². The highest BCUT2D eigenvalue weighted by Gasteiger charge is 2.50. The number of aliphatic hydroxyl groups excluding tert-OH is 2. The minimum absolute atomic E-state index is 0. The van der Waals surface area contributed by atoms with Crippen molar-refractivity contribution in [2.45, 2.75) is 109 Å². The minimum Gasteiger partial charge on any atom is -0.386 e. The van der Waals surface area contributed by atoms with Crippen LogP contribution >= 0.6 is 35.2 Å². The van der Waals surface area contributed by atoms with Crippen molar-refractivity contribution in [3.05, 3.63) is 85.6 Å². The average molecular weight is 1130 g/mol. The van der Waals surface area contributed by atoms with Crippen molar-refractivity contribution in [1.29, 1.82) is 0 Å². The fraction of sp³-hybridized carbons (Fsp3) is 0.535. The molecule has 2 aromatic heterocycles. The highest BCUT2D eigenvalue weighted by molar-refractivity contribution is 8.13. The summed E-state index contributed by atoms with van der Waals surface area (Å²) in [4.78, 5) is 88.4. The largest absolute Gasteiger partial charge is 0.481 e. The van der Waals surface area contributed by atoms with Gasteiger partial charge in [-0.1, -0.05) is 105 Å². The maximum Gasteiger partial charge on any atom is 0.481 e. The van der Waals surface area contributed by atoms with Gasteiger partial charge in [0.1, 0.15) is 36.3 Å². The van der Waals surface area contributed by atoms with Gasteiger partial charge < -0.3 is 69.3 Å². The molecule has 1 saturated heterocycles. The van der Waals surface area contributed by atoms with Crippen LogP contribution in [0.3, 0.4) is 0 Å². The zero-order valence-corrected chi connectivity index (χ0v) is 45.3. The van der Waals surface area contributed by atoms with Crippen molar-refractivity contribution in [2.75, 3.05) is 37.8 Å². The second kappa shape index (κ2) is 35.3. The Hall–Kier alpha value is -4.12. The Morgan fingerprint density at radius 1 is 0.824 bits per heavy atom. The lowest BCUT2D eigenvalue weighted by atomic mass is 9.87. The van der Waals surface area contributed by atoms with Crippen LogP contribution in [0.5, 0.6) is 0 Å². The molecule has 2 aromatic rings. The van der Waals surface area contributed by atoms with Crippen LogP contribution in [0.15, 0.2) is 85.6 Å². The summed E-state index contributed by atoms with van der Waals surface area (Å²) < 4.78 is 62.4. The fourth-order valence-electron chi connectivity index (χ4n) is 6.21. The SMILES string of the molecule is CCC=CCC=CCC=CCC=CCC=CCC=CCCC(=O)SCCNC(=O)CCNC(=O)[C@H](O)C(C)(C)COP(=O)(O)OP(=O)(O)OC[C@H]1O[C@@H](n2cnc3c(N)ncnc32)[C@H](O)[C@@H]1OP(=O)(O)O.N.N.N. The molecule has 0 aromatic carbocycles. The number of nitrogens with two attached hydrogens (primary N) is 1. The van der Waals surface area contributed by atoms with Gasteiger partial charge in [-0.15, -0.1) is 0 Å². The molecule has 0 saturated carbocycles. The Morgan fingerprint density at radius 3 is 1.95 bits per heavy atom. The van der Waals surface area contributed by atoms with Crippen LogP contribution in [0.1, 0.15) is 84.8 Å². The third-order valence-corrected chi connectivity index (χ3v) is 13.9. The first-order valence-electron chi connectivity index (χ1n) is 22.5. The van der Waals surface area contributed by atoms with Gasteiger partial charge in [-0.05, 0) is 44.9 Å². The van der Waals surface area contributed by atoms with E-state index in [0.717, 1.165) is 67.5 Å². The Kier molecular flexibility index (Phi) is 33.3. The number of phosphoric ester groups is 3. The summed E-state index contributed by atoms with van der Waals surface area (Å²) in [6.07, 6.45) is 24.9. The second-order valence-electron chi connectivity index (χ2n) is 16.2. The quantitative estimate of drug-likeness (QED) is 0.0234. The predicted molar refractivity (Wildman–Crippen MR) is 280 cm³/mol. The van der Waals surface area contributed by atoms with Gasteiger partial charge in [-0.25, -0.2) is 28.6 Å². The fourth-order valence-corrected chi connectivity index (χ4v) is 9.73. The molecule has 420 valence electrons. The number of nitrogens with one attached hydrogen (secondary N) is 2. The number of thioether (sulfide) groups is 1. The molecule has 1 fully saturated rings. The normalized spacial score (nSPS) is 19.5. The highest BCUT2D eigenvalue weighted by atomic mass is 32.2. The van der Waals surface area contributed by atoms with Gasteiger partial charge in [-0.3, -0.25) is 32.5 Å². The van der Waals surface area contributed by atoms with Crippen molar-refractivity contribution in [3.63, 3.8) is 0 Å². The lowest BCUT2D eigenvalue weighted by Crippen LogP contribution is -2.46. The first-order chi connectivity index (χ1) is 33.6. The van der Waals surface area contributed by atoms with E-state index in [-0.39, 0.29) is 60.1 Å². The van der Waals surface area contributed by atoms with E-state index in [1.807, 2.05) is 12.2 Å². The number of hydrogen-bond donors (Lipinski definition) is 12. The molecule has 3 heterocycles. The van der Waals surface area contributed by atoms with Gasteiger partial charge in [0, 0.05) is 37.1 Å². The lowest BCUT2D eigenvalue weighted by Gasteiger charge is -2.30. The summed E-state index contributed by atoms with van der Waals surface area (Å²) in [5.41, 5.74) is 4.27. The van der Waals surface area contributed by atoms with E-state index < -0.39 is 84.6 Å². The van der Waals surface area contributed by atoms with Crippen LogP contribution in [-0.2, 0) is 50.7 Å². The number of imidazole rings is 1. The van der Waals surface area contributed by atoms with Crippen LogP contribution in [-0.4, -0.2) is 123 Å². The zero-order chi connectivity index (χ0) is 52.5. The average Bonchev–Trinajstić information content (AvgIpc) is 3.86. The monoisotopic (exact) mass is 1130 g/mol. The number of nitrogens with zero attached hydrogens (tertiary/aromatic N) is 4. The maximum atomic E-state index is 12.7. The second-order valence-corrected chi connectivity index (χ2v) is 21.6. The third kappa shape index (κ3) is 26.6. The number of nitrogen functional groups attached to an aromatic ring is 1. The van der Waals surface area contributed by atoms with Crippen LogP contribution in [0.2, 0.25) is 0 Å². The maximum absolute atomic E-state index is 12.7. The molecule has 7 atom stereocenters. The van der Waals surface area contributed by atoms with Crippen molar-refractivity contribution in [1.82, 2.24) is 48.6 Å². The Bertz CT molecular complexity index is 2370. The van der Waals surface area contributed by atoms with Crippen LogP contribution in [0.25, 0.3) is 11.2 Å². The number of anilines is 1. The summed E-state index contributed by atoms with van der Waals surface area (Å²) in [6, 6.07) is 0. The van der Waals surface area contributed by atoms with Gasteiger partial charge in [0.05, 0.1) is 19.5 Å². The number of amides is 2. The minimum atomic E-state index is -5.58. The molecule has 2 unspecified atom stereocenters. The Balaban J connectivity index is 0.0000178. The van der Waals surface area contributed by atoms with Gasteiger partial charge >= 0.3 is 23.5 Å². The van der Waals surface area contributed by atoms with E-state index in [4.69, 9.17) is 19.5 Å². The smallest absolute Gasteiger partial charge is 0.386 e. The first-order valence-corrected chi connectivity index (χ1v) is 28.0. The van der Waals surface area contributed by atoms with Crippen molar-refractivity contribution >= 4 is 69.1 Å². The summed E-state index contributed by atoms with van der Waals surface area (Å²) in [6.45, 7) is 2.61. The number of hydrogen-bond acceptors (Lipinski definition) is 21. The van der Waals surface area contributed by atoms with Crippen LogP contribution in [0.4, 0.5) is 5.82 Å². The number of fused-ring (bicyclic) bond motifs is 1. The molecular weight excluding hydrogens is 1050 g/mol. The number of allylic oxidation sites excluding steroid dienone is 12. The molecular formula is C43H75N10O17P3S. The lowest BCUT2D eigenvalue weighted by molar-refractivity contribution is -0.137. The van der Waals surface area contributed by atoms with Gasteiger partial charge in [0.25, 0.3) is 0 Å². The van der Waals surface area contributed by atoms with Gasteiger partial charge in [-0.2, -0.15) is 4.31 Å². The molecule has 0 radical (unpaired) electrons. The number of aromatic nitrogens is 4. The molecule has 74 heavy (non-hydrogen) atoms. The molecule has 0 bridgehead atoms. The Labute approximate surface area is 434 Å². The topological polar surface area (TPSA) is 469 Å². The molecule has 0 spiro atoms. The standard InChI is InChI=1S/C43H66N7O17P3S.3H3N/c1-4-5-6-7-8-9-10-11-12-13-14-15-16-17-18-19-20-21-22-23-34(52)71-27-26-45-33(51)24-25-46-41(55)38(54)43(2,3)29-64-70(61,62)67-69(59,60)63-28-32-37(66-68(56,57)58)36(53)42(65-32)50-31-49-35-39(44)47-30-48-40(35)50;;;/h5-6,8-9,11-12,14-15,17-18,20-21,30-32,36-38,42,53-54H,4,7,10,13,16,19,22-29H2,1-3H3,(H,45,51)(H,46,55)(H,59,60)(H,61,62)(H2,44,47,48)(H2,56,57,58);3*1H3/t32-,36-,37-,38+,42-;;;/m1.../s1. The van der Waals surface area contributed by atoms with Crippen molar-refractivity contribution in [3.8, 4) is 0 Å². The van der Waals surface area contributed by atoms with E-state index >= 15 is 0 Å². The number of carbonyl (C=O) groups excluding carboxylic acids is 3. The molecule has 31 heteroatoms. The van der Waals surface area contributed by atoms with Crippen molar-refractivity contribution in [2.24, 2.45) is 5.41 Å². The van der Waals surface area contributed by atoms with E-state index in [0.29, 0.717) is 18.6 Å². The van der Waals surface area contributed by atoms with E-state index in [1.165, 1.54) is 13.8 Å². The zero-order valence-electron chi connectivity index (χ0n) is 41.8. The third-order valence-electron chi connectivity index (χ3n) is 9.88. The van der Waals surface area contributed by atoms with Gasteiger partial charge in [0.15, 0.2) is 22.8 Å².